The summed E-state index contributed by atoms with van der Waals surface area (Å²) in [6.45, 7) is 13.1. The molecule has 4 atom stereocenters. The predicted molar refractivity (Wildman–Crippen MR) is 265 cm³/mol. The van der Waals surface area contributed by atoms with Crippen LogP contribution >= 0.6 is 0 Å². The second-order valence-corrected chi connectivity index (χ2v) is 27.7. The number of ether oxygens (including phenoxy) is 2. The number of hydroxylamine groups is 2. The maximum absolute atomic E-state index is 13.3. The highest BCUT2D eigenvalue weighted by atomic mass is 28.4. The van der Waals surface area contributed by atoms with Gasteiger partial charge >= 0.3 is 0 Å². The van der Waals surface area contributed by atoms with Crippen LogP contribution in [0.1, 0.15) is 68.5 Å². The number of benzene rings is 5. The fourth-order valence-electron chi connectivity index (χ4n) is 9.98. The van der Waals surface area contributed by atoms with Crippen molar-refractivity contribution in [3.05, 3.63) is 173 Å². The predicted octanol–water partition coefficient (Wildman–Crippen LogP) is 5.73. The van der Waals surface area contributed by atoms with Crippen LogP contribution in [0.15, 0.2) is 157 Å². The number of aromatic amines is 1. The summed E-state index contributed by atoms with van der Waals surface area (Å²) in [4.78, 5) is 57.4. The minimum Gasteiger partial charge on any atom is -0.405 e. The van der Waals surface area contributed by atoms with Crippen LogP contribution in [0.3, 0.4) is 0 Å². The smallest absolute Gasteiger partial charge is 0.285 e. The number of aromatic nitrogens is 4. The molecule has 1 fully saturated rings. The molecule has 5 aromatic carbocycles. The highest BCUT2D eigenvalue weighted by Gasteiger charge is 2.59. The number of imidazole rings is 1. The summed E-state index contributed by atoms with van der Waals surface area (Å²) in [5.74, 6) is -1.21. The molecule has 7 aromatic rings. The lowest BCUT2D eigenvalue weighted by atomic mass is 10.1. The fraction of sp³-hybridized carbons (Fsp3) is 0.288. The zero-order valence-corrected chi connectivity index (χ0v) is 41.0. The van der Waals surface area contributed by atoms with Gasteiger partial charge in [-0.3, -0.25) is 28.8 Å². The number of nitrogens with two attached hydrogens (primary N) is 1. The maximum atomic E-state index is 13.3. The first-order valence-electron chi connectivity index (χ1n) is 22.8. The van der Waals surface area contributed by atoms with Gasteiger partial charge in [-0.05, 0) is 43.0 Å². The van der Waals surface area contributed by atoms with E-state index in [0.29, 0.717) is 0 Å². The van der Waals surface area contributed by atoms with Crippen LogP contribution in [0.25, 0.3) is 11.2 Å². The first-order chi connectivity index (χ1) is 32.7. The van der Waals surface area contributed by atoms with E-state index >= 15 is 0 Å². The van der Waals surface area contributed by atoms with Gasteiger partial charge in [0, 0.05) is 0 Å². The Morgan fingerprint density at radius 3 is 1.60 bits per heavy atom. The molecule has 2 aromatic heterocycles. The number of anilines is 1. The van der Waals surface area contributed by atoms with Crippen molar-refractivity contribution >= 4 is 66.3 Å². The van der Waals surface area contributed by atoms with E-state index in [1.165, 1.54) is 6.33 Å². The molecular weight excluding hydrogens is 893 g/mol. The van der Waals surface area contributed by atoms with E-state index in [9.17, 15) is 14.4 Å². The number of nitrogen functional groups attached to an aromatic ring is 1. The minimum atomic E-state index is -3.40. The Morgan fingerprint density at radius 1 is 0.647 bits per heavy atom. The molecule has 3 N–H and O–H groups in total. The Balaban J connectivity index is 1.19. The molecular formula is C52H56N6O8Si2. The molecule has 1 saturated heterocycles. The van der Waals surface area contributed by atoms with Crippen molar-refractivity contribution < 1.29 is 32.8 Å². The average Bonchev–Trinajstić information content (AvgIpc) is 3.98. The highest BCUT2D eigenvalue weighted by Crippen LogP contribution is 2.44. The van der Waals surface area contributed by atoms with E-state index in [4.69, 9.17) is 28.9 Å². The Hall–Kier alpha value is -6.38. The second kappa shape index (κ2) is 18.6. The SMILES string of the molecule is CC(C)(C)[Si](OC[C@H]1O[C@@H](n2cnc3c(=O)[nH]c(N)nc32)[C@H](OCCON2C(=O)c3ccccc3C2=O)[C@@H]1O[Si](c1ccccc1)(c1ccccc1)C(C)(C)C)(c1ccccc1)c1ccccc1. The molecule has 2 aliphatic heterocycles. The van der Waals surface area contributed by atoms with Gasteiger partial charge in [-0.25, -0.2) is 4.98 Å². The Labute approximate surface area is 397 Å². The zero-order chi connectivity index (χ0) is 47.8. The van der Waals surface area contributed by atoms with Crippen molar-refractivity contribution in [1.82, 2.24) is 24.6 Å². The molecule has 0 unspecified atom stereocenters. The van der Waals surface area contributed by atoms with Crippen molar-refractivity contribution in [3.8, 4) is 0 Å². The third-order valence-electron chi connectivity index (χ3n) is 13.0. The van der Waals surface area contributed by atoms with Gasteiger partial charge in [-0.1, -0.05) is 175 Å². The van der Waals surface area contributed by atoms with Crippen LogP contribution in [-0.2, 0) is 23.2 Å². The van der Waals surface area contributed by atoms with E-state index in [0.717, 1.165) is 25.8 Å². The fourth-order valence-corrected chi connectivity index (χ4v) is 19.3. The van der Waals surface area contributed by atoms with Gasteiger partial charge in [0.05, 0.1) is 37.3 Å². The summed E-state index contributed by atoms with van der Waals surface area (Å²) >= 11 is 0. The van der Waals surface area contributed by atoms with E-state index in [1.807, 2.05) is 72.8 Å². The van der Waals surface area contributed by atoms with E-state index in [1.54, 1.807) is 28.8 Å². The largest absolute Gasteiger partial charge is 0.405 e. The third-order valence-corrected chi connectivity index (χ3v) is 23.0. The lowest BCUT2D eigenvalue weighted by molar-refractivity contribution is -0.127. The lowest BCUT2D eigenvalue weighted by Crippen LogP contribution is -2.70. The maximum Gasteiger partial charge on any atom is 0.285 e. The number of imide groups is 1. The molecule has 16 heteroatoms. The van der Waals surface area contributed by atoms with Crippen LogP contribution in [0.2, 0.25) is 10.1 Å². The van der Waals surface area contributed by atoms with Gasteiger partial charge < -0.3 is 24.1 Å². The second-order valence-electron chi connectivity index (χ2n) is 19.2. The molecule has 0 saturated carbocycles. The Kier molecular flexibility index (Phi) is 12.8. The van der Waals surface area contributed by atoms with Gasteiger partial charge in [0.25, 0.3) is 34.0 Å². The summed E-state index contributed by atoms with van der Waals surface area (Å²) in [6.07, 6.45) is -2.13. The van der Waals surface area contributed by atoms with E-state index < -0.39 is 63.6 Å². The van der Waals surface area contributed by atoms with Crippen LogP contribution in [0.5, 0.6) is 0 Å². The molecule has 0 spiro atoms. The van der Waals surface area contributed by atoms with Gasteiger partial charge in [0.15, 0.2) is 17.4 Å². The van der Waals surface area contributed by atoms with Gasteiger partial charge in [-0.2, -0.15) is 4.98 Å². The number of carbonyl (C=O) groups is 2. The number of hydrogen-bond acceptors (Lipinski definition) is 11. The topological polar surface area (TPSA) is 173 Å². The molecule has 14 nitrogen and oxygen atoms in total. The van der Waals surface area contributed by atoms with E-state index in [2.05, 4.69) is 105 Å². The van der Waals surface area contributed by atoms with Crippen LogP contribution in [0.4, 0.5) is 5.95 Å². The molecule has 350 valence electrons. The Morgan fingerprint density at radius 2 is 1.12 bits per heavy atom. The number of carbonyl (C=O) groups excluding carboxylic acids is 2. The Bertz CT molecular complexity index is 2850. The molecule has 68 heavy (non-hydrogen) atoms. The number of H-pyrrole nitrogens is 1. The number of hydrogen-bond donors (Lipinski definition) is 2. The summed E-state index contributed by atoms with van der Waals surface area (Å²) in [6, 6.07) is 48.0. The quantitative estimate of drug-likeness (QED) is 0.0730. The average molecular weight is 949 g/mol. The van der Waals surface area contributed by atoms with Crippen LogP contribution < -0.4 is 32.0 Å². The lowest BCUT2D eigenvalue weighted by Gasteiger charge is -2.46. The summed E-state index contributed by atoms with van der Waals surface area (Å²) in [5.41, 5.74) is 6.43. The van der Waals surface area contributed by atoms with Crippen molar-refractivity contribution in [2.45, 2.75) is 76.2 Å². The third kappa shape index (κ3) is 8.25. The first-order valence-corrected chi connectivity index (χ1v) is 26.6. The molecule has 0 aliphatic carbocycles. The minimum absolute atomic E-state index is 0.0620. The zero-order valence-electron chi connectivity index (χ0n) is 39.0. The summed E-state index contributed by atoms with van der Waals surface area (Å²) in [5, 5.41) is 4.19. The van der Waals surface area contributed by atoms with Crippen molar-refractivity contribution in [2.75, 3.05) is 25.6 Å². The van der Waals surface area contributed by atoms with Crippen molar-refractivity contribution in [2.24, 2.45) is 0 Å². The highest BCUT2D eigenvalue weighted by molar-refractivity contribution is 7.00. The van der Waals surface area contributed by atoms with Crippen LogP contribution in [-0.4, -0.2) is 91.2 Å². The number of amides is 2. The van der Waals surface area contributed by atoms with Gasteiger partial charge in [0.2, 0.25) is 5.95 Å². The number of rotatable bonds is 15. The number of nitrogens with zero attached hydrogens (tertiary/aromatic N) is 4. The molecule has 0 bridgehead atoms. The summed E-state index contributed by atoms with van der Waals surface area (Å²) < 4.78 is 31.6. The molecule has 2 aliphatic rings. The van der Waals surface area contributed by atoms with Gasteiger partial charge in [0.1, 0.15) is 18.3 Å². The number of nitrogens with one attached hydrogen (secondary N) is 1. The monoisotopic (exact) mass is 948 g/mol. The molecule has 2 amide bonds. The van der Waals surface area contributed by atoms with Crippen molar-refractivity contribution in [1.29, 1.82) is 0 Å². The normalized spacial score (nSPS) is 18.9. The molecule has 4 heterocycles. The summed E-state index contributed by atoms with van der Waals surface area (Å²) in [7, 11) is -6.57. The number of fused-ring (bicyclic) bond motifs is 2. The van der Waals surface area contributed by atoms with Gasteiger partial charge in [-0.15, -0.1) is 5.06 Å². The van der Waals surface area contributed by atoms with Crippen LogP contribution in [0, 0.1) is 0 Å². The molecule has 0 radical (unpaired) electrons. The first kappa shape index (κ1) is 46.7. The standard InChI is InChI=1S/C52H56N6O8Si2/c1-51(2,3)67(35-21-11-7-12-22-35,36-23-13-8-14-24-36)64-33-41-43(66-68(52(4,5)6,37-25-15-9-16-26-37)38-27-17-10-18-28-38)44(49(65-41)57-34-54-42-45(57)55-50(53)56-46(42)59)62-31-32-63-58-47(60)39-29-19-20-30-40(39)48(58)61/h7-30,34,41,43-44,49H,31-33H2,1-6H3,(H3,53,55,56,59)/t41-,43-,44-,49-/m1/s1. The van der Waals surface area contributed by atoms with E-state index in [-0.39, 0.29) is 53.1 Å². The molecule has 9 rings (SSSR count). The van der Waals surface area contributed by atoms with Crippen molar-refractivity contribution in [3.63, 3.8) is 0 Å².